The highest BCUT2D eigenvalue weighted by atomic mass is 35.5. The predicted octanol–water partition coefficient (Wildman–Crippen LogP) is 4.18. The zero-order valence-electron chi connectivity index (χ0n) is 11.3. The van der Waals surface area contributed by atoms with E-state index in [0.717, 1.165) is 28.3 Å². The summed E-state index contributed by atoms with van der Waals surface area (Å²) in [5.41, 5.74) is 4.30. The number of halogens is 1. The van der Waals surface area contributed by atoms with E-state index < -0.39 is 0 Å². The third kappa shape index (κ3) is 2.20. The van der Waals surface area contributed by atoms with E-state index in [9.17, 15) is 4.79 Å². The Kier molecular flexibility index (Phi) is 3.49. The number of hydrogen-bond donors (Lipinski definition) is 1. The number of para-hydroxylation sites is 1. The van der Waals surface area contributed by atoms with Gasteiger partial charge in [-0.05, 0) is 35.6 Å². The number of benzene rings is 2. The average molecular weight is 286 g/mol. The van der Waals surface area contributed by atoms with Crippen molar-refractivity contribution in [2.75, 3.05) is 5.32 Å². The Morgan fingerprint density at radius 3 is 2.60 bits per heavy atom. The van der Waals surface area contributed by atoms with Crippen LogP contribution in [-0.2, 0) is 17.6 Å². The van der Waals surface area contributed by atoms with E-state index in [4.69, 9.17) is 11.6 Å². The molecule has 1 N–H and O–H groups in total. The summed E-state index contributed by atoms with van der Waals surface area (Å²) in [5.74, 6) is -0.0720. The molecule has 0 radical (unpaired) electrons. The van der Waals surface area contributed by atoms with E-state index in [1.165, 1.54) is 5.56 Å². The molecule has 2 aromatic carbocycles. The first kappa shape index (κ1) is 13.2. The number of carbonyl (C=O) groups excluding carboxylic acids is 1. The zero-order chi connectivity index (χ0) is 14.1. The topological polar surface area (TPSA) is 29.1 Å². The number of carbonyl (C=O) groups is 1. The molecule has 0 spiro atoms. The first-order valence-corrected chi connectivity index (χ1v) is 7.24. The lowest BCUT2D eigenvalue weighted by molar-refractivity contribution is -0.117. The highest BCUT2D eigenvalue weighted by molar-refractivity contribution is 6.31. The van der Waals surface area contributed by atoms with Crippen molar-refractivity contribution >= 4 is 23.2 Å². The molecular weight excluding hydrogens is 270 g/mol. The van der Waals surface area contributed by atoms with Crippen molar-refractivity contribution in [3.8, 4) is 0 Å². The van der Waals surface area contributed by atoms with E-state index >= 15 is 0 Å². The Bertz CT molecular complexity index is 666. The zero-order valence-corrected chi connectivity index (χ0v) is 12.1. The maximum atomic E-state index is 12.3. The average Bonchev–Trinajstić information content (AvgIpc) is 2.77. The molecule has 1 aliphatic heterocycles. The van der Waals surface area contributed by atoms with Crippen molar-refractivity contribution < 1.29 is 4.79 Å². The molecule has 1 amide bonds. The van der Waals surface area contributed by atoms with Crippen LogP contribution in [0.2, 0.25) is 5.02 Å². The monoisotopic (exact) mass is 285 g/mol. The van der Waals surface area contributed by atoms with Crippen LogP contribution in [0.25, 0.3) is 0 Å². The van der Waals surface area contributed by atoms with Gasteiger partial charge in [-0.15, -0.1) is 0 Å². The Morgan fingerprint density at radius 2 is 1.85 bits per heavy atom. The second-order valence-electron chi connectivity index (χ2n) is 5.07. The molecule has 3 rings (SSSR count). The number of nitrogens with one attached hydrogen (secondary N) is 1. The van der Waals surface area contributed by atoms with E-state index in [2.05, 4.69) is 18.3 Å². The lowest BCUT2D eigenvalue weighted by Gasteiger charge is -2.11. The van der Waals surface area contributed by atoms with E-state index in [-0.39, 0.29) is 11.8 Å². The van der Waals surface area contributed by atoms with Crippen LogP contribution < -0.4 is 5.32 Å². The Hall–Kier alpha value is -1.80. The van der Waals surface area contributed by atoms with E-state index in [1.54, 1.807) is 0 Å². The van der Waals surface area contributed by atoms with Gasteiger partial charge in [-0.25, -0.2) is 0 Å². The summed E-state index contributed by atoms with van der Waals surface area (Å²) < 4.78 is 0. The van der Waals surface area contributed by atoms with Gasteiger partial charge in [0.25, 0.3) is 0 Å². The summed E-state index contributed by atoms with van der Waals surface area (Å²) in [4.78, 5) is 12.3. The fourth-order valence-corrected chi connectivity index (χ4v) is 3.01. The maximum absolute atomic E-state index is 12.3. The fraction of sp³-hybridized carbons (Fsp3) is 0.235. The third-order valence-corrected chi connectivity index (χ3v) is 4.25. The molecule has 3 heteroatoms. The van der Waals surface area contributed by atoms with Crippen molar-refractivity contribution in [2.45, 2.75) is 25.7 Å². The lowest BCUT2D eigenvalue weighted by Crippen LogP contribution is -2.14. The molecule has 0 bridgehead atoms. The molecule has 0 fully saturated rings. The number of fused-ring (bicyclic) bond motifs is 1. The predicted molar refractivity (Wildman–Crippen MR) is 82.3 cm³/mol. The minimum Gasteiger partial charge on any atom is -0.325 e. The third-order valence-electron chi connectivity index (χ3n) is 3.89. The molecule has 20 heavy (non-hydrogen) atoms. The molecular formula is C17H16ClNO. The second kappa shape index (κ2) is 5.29. The second-order valence-corrected chi connectivity index (χ2v) is 5.48. The molecule has 0 aliphatic carbocycles. The number of anilines is 1. The molecule has 0 aromatic heterocycles. The molecule has 1 unspecified atom stereocenters. The quantitative estimate of drug-likeness (QED) is 0.900. The number of hydrogen-bond acceptors (Lipinski definition) is 1. The van der Waals surface area contributed by atoms with Gasteiger partial charge >= 0.3 is 0 Å². The minimum atomic E-state index is -0.142. The van der Waals surface area contributed by atoms with Gasteiger partial charge < -0.3 is 5.32 Å². The number of rotatable bonds is 3. The van der Waals surface area contributed by atoms with Crippen LogP contribution in [0.4, 0.5) is 5.69 Å². The van der Waals surface area contributed by atoms with Gasteiger partial charge in [0.1, 0.15) is 0 Å². The normalized spacial score (nSPS) is 16.9. The first-order valence-electron chi connectivity index (χ1n) is 6.86. The molecule has 1 atom stereocenters. The van der Waals surface area contributed by atoms with Crippen molar-refractivity contribution in [1.82, 2.24) is 0 Å². The van der Waals surface area contributed by atoms with Crippen LogP contribution in [0.5, 0.6) is 0 Å². The van der Waals surface area contributed by atoms with Crippen LogP contribution >= 0.6 is 11.6 Å². The van der Waals surface area contributed by atoms with Crippen LogP contribution in [0.3, 0.4) is 0 Å². The van der Waals surface area contributed by atoms with Gasteiger partial charge in [0.15, 0.2) is 0 Å². The number of amides is 1. The molecule has 1 aliphatic rings. The van der Waals surface area contributed by atoms with Gasteiger partial charge in [0, 0.05) is 10.7 Å². The SMILES string of the molecule is CCc1cccc2c1NC(=O)C2Cc1ccccc1Cl. The standard InChI is InChI=1S/C17H16ClNO/c1-2-11-7-5-8-13-14(17(20)19-16(11)13)10-12-6-3-4-9-15(12)18/h3-9,14H,2,10H2,1H3,(H,19,20). The molecule has 1 heterocycles. The Morgan fingerprint density at radius 1 is 1.10 bits per heavy atom. The number of aryl methyl sites for hydroxylation is 1. The van der Waals surface area contributed by atoms with Crippen molar-refractivity contribution in [3.05, 3.63) is 64.2 Å². The fourth-order valence-electron chi connectivity index (χ4n) is 2.80. The summed E-state index contributed by atoms with van der Waals surface area (Å²) in [5, 5.41) is 3.75. The van der Waals surface area contributed by atoms with Gasteiger partial charge in [0.2, 0.25) is 5.91 Å². The lowest BCUT2D eigenvalue weighted by atomic mass is 9.92. The minimum absolute atomic E-state index is 0.0702. The van der Waals surface area contributed by atoms with Gasteiger partial charge in [-0.3, -0.25) is 4.79 Å². The molecule has 0 saturated carbocycles. The molecule has 2 aromatic rings. The van der Waals surface area contributed by atoms with Crippen LogP contribution in [-0.4, -0.2) is 5.91 Å². The van der Waals surface area contributed by atoms with Crippen molar-refractivity contribution in [2.24, 2.45) is 0 Å². The molecule has 102 valence electrons. The van der Waals surface area contributed by atoms with Crippen LogP contribution in [0, 0.1) is 0 Å². The van der Waals surface area contributed by atoms with Crippen LogP contribution in [0.1, 0.15) is 29.5 Å². The largest absolute Gasteiger partial charge is 0.325 e. The van der Waals surface area contributed by atoms with Gasteiger partial charge in [0.05, 0.1) is 5.92 Å². The van der Waals surface area contributed by atoms with E-state index in [1.807, 2.05) is 36.4 Å². The van der Waals surface area contributed by atoms with Gasteiger partial charge in [-0.1, -0.05) is 54.9 Å². The van der Waals surface area contributed by atoms with Gasteiger partial charge in [-0.2, -0.15) is 0 Å². The van der Waals surface area contributed by atoms with Crippen molar-refractivity contribution in [3.63, 3.8) is 0 Å². The van der Waals surface area contributed by atoms with Crippen molar-refractivity contribution in [1.29, 1.82) is 0 Å². The first-order chi connectivity index (χ1) is 9.70. The Balaban J connectivity index is 1.97. The summed E-state index contributed by atoms with van der Waals surface area (Å²) in [7, 11) is 0. The summed E-state index contributed by atoms with van der Waals surface area (Å²) in [6.45, 7) is 2.10. The highest BCUT2D eigenvalue weighted by Gasteiger charge is 2.31. The summed E-state index contributed by atoms with van der Waals surface area (Å²) in [6.07, 6.45) is 1.56. The molecule has 2 nitrogen and oxygen atoms in total. The highest BCUT2D eigenvalue weighted by Crippen LogP contribution is 2.38. The smallest absolute Gasteiger partial charge is 0.232 e. The summed E-state index contributed by atoms with van der Waals surface area (Å²) in [6, 6.07) is 13.8. The Labute approximate surface area is 123 Å². The summed E-state index contributed by atoms with van der Waals surface area (Å²) >= 11 is 6.20. The van der Waals surface area contributed by atoms with Crippen LogP contribution in [0.15, 0.2) is 42.5 Å². The van der Waals surface area contributed by atoms with E-state index in [0.29, 0.717) is 6.42 Å². The molecule has 0 saturated heterocycles. The maximum Gasteiger partial charge on any atom is 0.232 e.